The lowest BCUT2D eigenvalue weighted by atomic mass is 9.82. The molecule has 1 fully saturated rings. The van der Waals surface area contributed by atoms with Gasteiger partial charge in [0, 0.05) is 35.6 Å². The second-order valence-electron chi connectivity index (χ2n) is 7.55. The first kappa shape index (κ1) is 18.8. The molecule has 154 valence electrons. The third-order valence-electron chi connectivity index (χ3n) is 5.75. The van der Waals surface area contributed by atoms with Crippen LogP contribution in [0.15, 0.2) is 36.5 Å². The van der Waals surface area contributed by atoms with Crippen molar-refractivity contribution in [2.45, 2.75) is 18.4 Å². The zero-order valence-corrected chi connectivity index (χ0v) is 16.2. The van der Waals surface area contributed by atoms with Gasteiger partial charge in [-0.15, -0.1) is 0 Å². The molecule has 1 saturated heterocycles. The van der Waals surface area contributed by atoms with Gasteiger partial charge < -0.3 is 24.9 Å². The summed E-state index contributed by atoms with van der Waals surface area (Å²) in [7, 11) is 0. The van der Waals surface area contributed by atoms with Crippen LogP contribution in [-0.2, 0) is 10.3 Å². The van der Waals surface area contributed by atoms with E-state index in [1.54, 1.807) is 30.5 Å². The van der Waals surface area contributed by atoms with Crippen LogP contribution in [-0.4, -0.2) is 53.1 Å². The van der Waals surface area contributed by atoms with Crippen LogP contribution < -0.4 is 10.1 Å². The highest BCUT2D eigenvalue weighted by atomic mass is 16.6. The lowest BCUT2D eigenvalue weighted by molar-refractivity contribution is -0.0242. The van der Waals surface area contributed by atoms with Gasteiger partial charge in [-0.3, -0.25) is 4.79 Å². The summed E-state index contributed by atoms with van der Waals surface area (Å²) in [5.74, 6) is -0.392. The SMILES string of the molecule is O=C(c1cc2cccnc2[nH]1)c1cc(OCCO)cc2c1C(=O)OC21CCNCC1. The highest BCUT2D eigenvalue weighted by molar-refractivity contribution is 6.16. The molecule has 3 N–H and O–H groups in total. The molecular weight excluding hydrogens is 386 g/mol. The van der Waals surface area contributed by atoms with Gasteiger partial charge in [0.1, 0.15) is 23.6 Å². The van der Waals surface area contributed by atoms with Gasteiger partial charge in [0.05, 0.1) is 17.9 Å². The summed E-state index contributed by atoms with van der Waals surface area (Å²) in [6.07, 6.45) is 2.89. The molecule has 0 aliphatic carbocycles. The molecule has 8 nitrogen and oxygen atoms in total. The van der Waals surface area contributed by atoms with Crippen molar-refractivity contribution < 1.29 is 24.2 Å². The van der Waals surface area contributed by atoms with Crippen molar-refractivity contribution in [3.8, 4) is 5.75 Å². The van der Waals surface area contributed by atoms with Gasteiger partial charge in [0.2, 0.25) is 5.78 Å². The minimum atomic E-state index is -0.757. The first-order chi connectivity index (χ1) is 14.6. The second kappa shape index (κ2) is 7.23. The largest absolute Gasteiger partial charge is 0.491 e. The summed E-state index contributed by atoms with van der Waals surface area (Å²) in [6, 6.07) is 8.70. The predicted molar refractivity (Wildman–Crippen MR) is 108 cm³/mol. The number of fused-ring (bicyclic) bond motifs is 3. The number of hydrogen-bond acceptors (Lipinski definition) is 7. The molecule has 0 unspecified atom stereocenters. The number of nitrogens with one attached hydrogen (secondary N) is 2. The van der Waals surface area contributed by atoms with Crippen LogP contribution in [0.25, 0.3) is 11.0 Å². The Morgan fingerprint density at radius 3 is 2.87 bits per heavy atom. The fourth-order valence-corrected chi connectivity index (χ4v) is 4.33. The number of pyridine rings is 1. The predicted octanol–water partition coefficient (Wildman–Crippen LogP) is 1.91. The zero-order chi connectivity index (χ0) is 20.7. The second-order valence-corrected chi connectivity index (χ2v) is 7.55. The van der Waals surface area contributed by atoms with E-state index in [4.69, 9.17) is 14.6 Å². The van der Waals surface area contributed by atoms with E-state index in [9.17, 15) is 9.59 Å². The number of ether oxygens (including phenoxy) is 2. The average Bonchev–Trinajstić information content (AvgIpc) is 3.31. The summed E-state index contributed by atoms with van der Waals surface area (Å²) in [5.41, 5.74) is 1.39. The Labute approximate surface area is 172 Å². The van der Waals surface area contributed by atoms with Crippen LogP contribution in [0.5, 0.6) is 5.75 Å². The minimum absolute atomic E-state index is 0.0894. The van der Waals surface area contributed by atoms with Crippen molar-refractivity contribution in [1.29, 1.82) is 0 Å². The smallest absolute Gasteiger partial charge is 0.340 e. The first-order valence-corrected chi connectivity index (χ1v) is 9.96. The highest BCUT2D eigenvalue weighted by Crippen LogP contribution is 2.46. The Kier molecular flexibility index (Phi) is 4.52. The maximum absolute atomic E-state index is 13.4. The number of piperidine rings is 1. The van der Waals surface area contributed by atoms with E-state index in [-0.39, 0.29) is 24.6 Å². The maximum atomic E-state index is 13.4. The van der Waals surface area contributed by atoms with Crippen molar-refractivity contribution in [1.82, 2.24) is 15.3 Å². The van der Waals surface area contributed by atoms with Crippen molar-refractivity contribution in [2.24, 2.45) is 0 Å². The third kappa shape index (κ3) is 2.96. The van der Waals surface area contributed by atoms with Crippen LogP contribution in [0.3, 0.4) is 0 Å². The van der Waals surface area contributed by atoms with Crippen LogP contribution in [0.2, 0.25) is 0 Å². The van der Waals surface area contributed by atoms with Gasteiger partial charge in [0.25, 0.3) is 0 Å². The van der Waals surface area contributed by atoms with Gasteiger partial charge in [0.15, 0.2) is 0 Å². The molecule has 2 aromatic heterocycles. The Morgan fingerprint density at radius 1 is 1.27 bits per heavy atom. The molecule has 3 aromatic rings. The third-order valence-corrected chi connectivity index (χ3v) is 5.75. The number of aromatic amines is 1. The Bertz CT molecular complexity index is 1110. The molecule has 4 heterocycles. The number of aliphatic hydroxyl groups is 1. The number of ketones is 1. The summed E-state index contributed by atoms with van der Waals surface area (Å²) in [5, 5.41) is 13.2. The lowest BCUT2D eigenvalue weighted by Crippen LogP contribution is -2.40. The van der Waals surface area contributed by atoms with E-state index in [0.29, 0.717) is 54.1 Å². The number of H-pyrrole nitrogens is 1. The molecule has 1 spiro atoms. The summed E-state index contributed by atoms with van der Waals surface area (Å²) in [6.45, 7) is 1.36. The number of benzene rings is 1. The van der Waals surface area contributed by atoms with Crippen LogP contribution in [0, 0.1) is 0 Å². The number of rotatable bonds is 5. The van der Waals surface area contributed by atoms with E-state index in [1.807, 2.05) is 6.07 Å². The molecule has 0 radical (unpaired) electrons. The maximum Gasteiger partial charge on any atom is 0.340 e. The molecule has 1 aromatic carbocycles. The van der Waals surface area contributed by atoms with Crippen molar-refractivity contribution >= 4 is 22.8 Å². The summed E-state index contributed by atoms with van der Waals surface area (Å²) < 4.78 is 11.5. The van der Waals surface area contributed by atoms with Crippen LogP contribution in [0.4, 0.5) is 0 Å². The van der Waals surface area contributed by atoms with E-state index < -0.39 is 11.6 Å². The lowest BCUT2D eigenvalue weighted by Gasteiger charge is -2.33. The first-order valence-electron chi connectivity index (χ1n) is 9.96. The van der Waals surface area contributed by atoms with E-state index in [2.05, 4.69) is 15.3 Å². The summed E-state index contributed by atoms with van der Waals surface area (Å²) in [4.78, 5) is 33.6. The van der Waals surface area contributed by atoms with Gasteiger partial charge in [-0.2, -0.15) is 0 Å². The fourth-order valence-electron chi connectivity index (χ4n) is 4.33. The number of esters is 1. The average molecular weight is 407 g/mol. The van der Waals surface area contributed by atoms with Gasteiger partial charge >= 0.3 is 5.97 Å². The van der Waals surface area contributed by atoms with Gasteiger partial charge in [-0.1, -0.05) is 0 Å². The molecule has 0 saturated carbocycles. The highest BCUT2D eigenvalue weighted by Gasteiger charge is 2.48. The number of aromatic nitrogens is 2. The molecule has 2 aliphatic heterocycles. The zero-order valence-electron chi connectivity index (χ0n) is 16.2. The molecule has 30 heavy (non-hydrogen) atoms. The van der Waals surface area contributed by atoms with E-state index in [1.165, 1.54) is 0 Å². The van der Waals surface area contributed by atoms with Crippen molar-refractivity contribution in [3.05, 3.63) is 58.9 Å². The Morgan fingerprint density at radius 2 is 2.10 bits per heavy atom. The molecule has 0 atom stereocenters. The number of hydrogen-bond donors (Lipinski definition) is 3. The van der Waals surface area contributed by atoms with Crippen LogP contribution >= 0.6 is 0 Å². The normalized spacial score (nSPS) is 17.2. The minimum Gasteiger partial charge on any atom is -0.491 e. The van der Waals surface area contributed by atoms with E-state index in [0.717, 1.165) is 5.39 Å². The van der Waals surface area contributed by atoms with Crippen molar-refractivity contribution in [3.63, 3.8) is 0 Å². The Balaban J connectivity index is 1.65. The number of carbonyl (C=O) groups excluding carboxylic acids is 2. The quantitative estimate of drug-likeness (QED) is 0.437. The van der Waals surface area contributed by atoms with Gasteiger partial charge in [-0.25, -0.2) is 9.78 Å². The number of aliphatic hydroxyl groups excluding tert-OH is 1. The number of nitrogens with zero attached hydrogens (tertiary/aromatic N) is 1. The van der Waals surface area contributed by atoms with Gasteiger partial charge in [-0.05, 0) is 43.4 Å². The summed E-state index contributed by atoms with van der Waals surface area (Å²) >= 11 is 0. The molecule has 0 bridgehead atoms. The topological polar surface area (TPSA) is 114 Å². The van der Waals surface area contributed by atoms with E-state index >= 15 is 0 Å². The fraction of sp³-hybridized carbons (Fsp3) is 0.318. The van der Waals surface area contributed by atoms with Crippen molar-refractivity contribution in [2.75, 3.05) is 26.3 Å². The molecular formula is C22H21N3O5. The van der Waals surface area contributed by atoms with Crippen LogP contribution in [0.1, 0.15) is 44.8 Å². The molecule has 2 aliphatic rings. The molecule has 8 heteroatoms. The Hall–Kier alpha value is -3.23. The standard InChI is InChI=1S/C22H21N3O5/c26-8-9-29-14-11-15(19(27)17-10-13-2-1-5-24-20(13)25-17)18-16(12-14)22(30-21(18)28)3-6-23-7-4-22/h1-2,5,10-12,23,26H,3-4,6-9H2,(H,24,25). The number of carbonyl (C=O) groups is 2. The molecule has 0 amide bonds. The monoisotopic (exact) mass is 407 g/mol. The molecule has 5 rings (SSSR count).